The summed E-state index contributed by atoms with van der Waals surface area (Å²) in [6.07, 6.45) is 3.36. The van der Waals surface area contributed by atoms with Crippen molar-refractivity contribution in [3.8, 4) is 0 Å². The fraction of sp³-hybridized carbons (Fsp3) is 0.769. The minimum Gasteiger partial charge on any atom is -0.423 e. The average molecular weight is 268 g/mol. The van der Waals surface area contributed by atoms with Crippen LogP contribution in [0.4, 0.5) is 0 Å². The first-order chi connectivity index (χ1) is 8.53. The summed E-state index contributed by atoms with van der Waals surface area (Å²) in [7, 11) is -1.10. The second-order valence-corrected chi connectivity index (χ2v) is 6.43. The molecule has 1 aromatic rings. The van der Waals surface area contributed by atoms with Crippen LogP contribution in [0.25, 0.3) is 0 Å². The molecule has 5 nitrogen and oxygen atoms in total. The zero-order valence-corrected chi connectivity index (χ0v) is 12.7. The molecule has 6 heteroatoms. The summed E-state index contributed by atoms with van der Waals surface area (Å²) in [6.45, 7) is 11.8. The summed E-state index contributed by atoms with van der Waals surface area (Å²) in [6, 6.07) is 0. The third-order valence-corrected chi connectivity index (χ3v) is 3.37. The van der Waals surface area contributed by atoms with Gasteiger partial charge in [-0.1, -0.05) is 13.8 Å². The van der Waals surface area contributed by atoms with Crippen molar-refractivity contribution in [3.05, 3.63) is 12.4 Å². The zero-order chi connectivity index (χ0) is 14.8. The fourth-order valence-corrected chi connectivity index (χ4v) is 1.47. The summed E-state index contributed by atoms with van der Waals surface area (Å²) < 4.78 is 7.34. The van der Waals surface area contributed by atoms with Gasteiger partial charge in [0.25, 0.3) is 0 Å². The number of nitrogens with zero attached hydrogens (tertiary/aromatic N) is 2. The molecule has 0 saturated heterocycles. The van der Waals surface area contributed by atoms with E-state index in [0.29, 0.717) is 11.4 Å². The summed E-state index contributed by atoms with van der Waals surface area (Å²) >= 11 is 0. The van der Waals surface area contributed by atoms with Crippen molar-refractivity contribution in [1.29, 1.82) is 0 Å². The van der Waals surface area contributed by atoms with Gasteiger partial charge in [-0.25, -0.2) is 0 Å². The molecule has 1 rings (SSSR count). The monoisotopic (exact) mass is 268 g/mol. The normalized spacial score (nSPS) is 13.1. The molecule has 1 aromatic heterocycles. The number of aliphatic hydroxyl groups is 1. The Balaban J connectivity index is 2.73. The SMILES string of the molecule is CC(C)Cn1cc(B(O)OC(C)(C)C(C)(C)O)cn1. The van der Waals surface area contributed by atoms with Crippen molar-refractivity contribution in [2.24, 2.45) is 5.92 Å². The Morgan fingerprint density at radius 1 is 1.37 bits per heavy atom. The van der Waals surface area contributed by atoms with E-state index in [2.05, 4.69) is 18.9 Å². The molecule has 0 fully saturated rings. The highest BCUT2D eigenvalue weighted by molar-refractivity contribution is 6.59. The maximum absolute atomic E-state index is 10.1. The molecule has 0 radical (unpaired) electrons. The van der Waals surface area contributed by atoms with Crippen molar-refractivity contribution in [1.82, 2.24) is 9.78 Å². The van der Waals surface area contributed by atoms with Crippen LogP contribution < -0.4 is 5.46 Å². The van der Waals surface area contributed by atoms with E-state index in [9.17, 15) is 10.1 Å². The largest absolute Gasteiger partial charge is 0.494 e. The highest BCUT2D eigenvalue weighted by Crippen LogP contribution is 2.25. The Morgan fingerprint density at radius 3 is 2.42 bits per heavy atom. The molecular weight excluding hydrogens is 243 g/mol. The van der Waals surface area contributed by atoms with E-state index in [1.807, 2.05) is 0 Å². The molecule has 0 aliphatic heterocycles. The first-order valence-corrected chi connectivity index (χ1v) is 6.63. The first-order valence-electron chi connectivity index (χ1n) is 6.63. The van der Waals surface area contributed by atoms with Crippen molar-refractivity contribution in [2.45, 2.75) is 59.3 Å². The molecule has 0 saturated carbocycles. The third kappa shape index (κ3) is 4.33. The second kappa shape index (κ2) is 5.65. The van der Waals surface area contributed by atoms with Crippen LogP contribution in [0.1, 0.15) is 41.5 Å². The topological polar surface area (TPSA) is 67.5 Å². The van der Waals surface area contributed by atoms with Gasteiger partial charge in [-0.3, -0.25) is 4.68 Å². The number of hydrogen-bond donors (Lipinski definition) is 2. The van der Waals surface area contributed by atoms with Crippen molar-refractivity contribution in [2.75, 3.05) is 0 Å². The highest BCUT2D eigenvalue weighted by atomic mass is 16.5. The first kappa shape index (κ1) is 16.2. The van der Waals surface area contributed by atoms with Crippen LogP contribution in [0.3, 0.4) is 0 Å². The third-order valence-electron chi connectivity index (χ3n) is 3.37. The van der Waals surface area contributed by atoms with Crippen LogP contribution in [0.2, 0.25) is 0 Å². The maximum atomic E-state index is 10.1. The van der Waals surface area contributed by atoms with E-state index >= 15 is 0 Å². The van der Waals surface area contributed by atoms with Crippen LogP contribution in [0.15, 0.2) is 12.4 Å². The fourth-order valence-electron chi connectivity index (χ4n) is 1.47. The Labute approximate surface area is 115 Å². The maximum Gasteiger partial charge on any atom is 0.494 e. The minimum atomic E-state index is -1.10. The zero-order valence-electron chi connectivity index (χ0n) is 12.7. The summed E-state index contributed by atoms with van der Waals surface area (Å²) in [5, 5.41) is 24.3. The lowest BCUT2D eigenvalue weighted by atomic mass is 9.78. The van der Waals surface area contributed by atoms with Crippen molar-refractivity contribution < 1.29 is 14.8 Å². The predicted molar refractivity (Wildman–Crippen MR) is 76.1 cm³/mol. The number of hydrogen-bond acceptors (Lipinski definition) is 4. The molecule has 0 amide bonds. The van der Waals surface area contributed by atoms with Crippen molar-refractivity contribution >= 4 is 12.6 Å². The molecule has 0 unspecified atom stereocenters. The molecular formula is C13H25BN2O3. The molecule has 2 N–H and O–H groups in total. The summed E-state index contributed by atoms with van der Waals surface area (Å²) in [5.41, 5.74) is -1.33. The van der Waals surface area contributed by atoms with Gasteiger partial charge in [0.1, 0.15) is 0 Å². The average Bonchev–Trinajstić information content (AvgIpc) is 2.62. The van der Waals surface area contributed by atoms with Gasteiger partial charge in [-0.2, -0.15) is 5.10 Å². The van der Waals surface area contributed by atoms with Crippen LogP contribution >= 0.6 is 0 Å². The van der Waals surface area contributed by atoms with E-state index in [1.165, 1.54) is 0 Å². The smallest absolute Gasteiger partial charge is 0.423 e. The van der Waals surface area contributed by atoms with Gasteiger partial charge in [-0.05, 0) is 33.6 Å². The van der Waals surface area contributed by atoms with Gasteiger partial charge in [0.15, 0.2) is 0 Å². The number of aromatic nitrogens is 2. The Kier molecular flexibility index (Phi) is 4.82. The summed E-state index contributed by atoms with van der Waals surface area (Å²) in [4.78, 5) is 0. The Hall–Kier alpha value is -0.845. The highest BCUT2D eigenvalue weighted by Gasteiger charge is 2.39. The molecule has 0 aliphatic rings. The molecule has 0 bridgehead atoms. The standard InChI is InChI=1S/C13H25BN2O3/c1-10(2)8-16-9-11(7-15-16)14(18)19-13(5,6)12(3,4)17/h7,9-10,17-18H,8H2,1-6H3. The molecule has 1 heterocycles. The van der Waals surface area contributed by atoms with E-state index in [0.717, 1.165) is 6.54 Å². The van der Waals surface area contributed by atoms with E-state index in [4.69, 9.17) is 4.65 Å². The summed E-state index contributed by atoms with van der Waals surface area (Å²) in [5.74, 6) is 0.485. The second-order valence-electron chi connectivity index (χ2n) is 6.43. The Bertz CT molecular complexity index is 410. The number of rotatable bonds is 6. The molecule has 0 atom stereocenters. The lowest BCUT2D eigenvalue weighted by Gasteiger charge is -2.38. The molecule has 108 valence electrons. The van der Waals surface area contributed by atoms with Gasteiger partial charge >= 0.3 is 7.12 Å². The molecule has 0 aromatic carbocycles. The van der Waals surface area contributed by atoms with E-state index in [-0.39, 0.29) is 0 Å². The minimum absolute atomic E-state index is 0.485. The lowest BCUT2D eigenvalue weighted by Crippen LogP contribution is -2.53. The van der Waals surface area contributed by atoms with Crippen molar-refractivity contribution in [3.63, 3.8) is 0 Å². The molecule has 0 aliphatic carbocycles. The van der Waals surface area contributed by atoms with E-state index < -0.39 is 18.3 Å². The molecule has 0 spiro atoms. The van der Waals surface area contributed by atoms with Gasteiger partial charge < -0.3 is 14.8 Å². The van der Waals surface area contributed by atoms with Crippen LogP contribution in [0.5, 0.6) is 0 Å². The lowest BCUT2D eigenvalue weighted by molar-refractivity contribution is -0.0982. The quantitative estimate of drug-likeness (QED) is 0.749. The van der Waals surface area contributed by atoms with Crippen LogP contribution in [0, 0.1) is 5.92 Å². The van der Waals surface area contributed by atoms with Gasteiger partial charge in [0.2, 0.25) is 0 Å². The predicted octanol–water partition coefficient (Wildman–Crippen LogP) is 0.793. The van der Waals surface area contributed by atoms with Gasteiger partial charge in [0, 0.05) is 24.4 Å². The van der Waals surface area contributed by atoms with E-state index in [1.54, 1.807) is 44.8 Å². The van der Waals surface area contributed by atoms with Gasteiger partial charge in [-0.15, -0.1) is 0 Å². The molecule has 19 heavy (non-hydrogen) atoms. The Morgan fingerprint density at radius 2 is 1.95 bits per heavy atom. The van der Waals surface area contributed by atoms with Gasteiger partial charge in [0.05, 0.1) is 11.2 Å². The van der Waals surface area contributed by atoms with Crippen LogP contribution in [-0.4, -0.2) is 38.2 Å². The van der Waals surface area contributed by atoms with Crippen LogP contribution in [-0.2, 0) is 11.2 Å².